The highest BCUT2D eigenvalue weighted by Crippen LogP contribution is 2.31. The molecule has 0 unspecified atom stereocenters. The molecule has 0 fully saturated rings. The number of hydrogen-bond acceptors (Lipinski definition) is 4. The average molecular weight is 308 g/mol. The van der Waals surface area contributed by atoms with Crippen molar-refractivity contribution >= 4 is 21.7 Å². The minimum absolute atomic E-state index is 0.504. The van der Waals surface area contributed by atoms with Gasteiger partial charge in [-0.1, -0.05) is 17.7 Å². The summed E-state index contributed by atoms with van der Waals surface area (Å²) in [5.74, 6) is 1.99. The third-order valence-corrected chi connectivity index (χ3v) is 3.05. The Morgan fingerprint density at radius 2 is 1.94 bits per heavy atom. The third-order valence-electron chi connectivity index (χ3n) is 2.34. The molecule has 18 heavy (non-hydrogen) atoms. The Balaban J connectivity index is 2.23. The lowest BCUT2D eigenvalue weighted by atomic mass is 10.2. The Kier molecular flexibility index (Phi) is 4.15. The highest BCUT2D eigenvalue weighted by molar-refractivity contribution is 9.10. The maximum atomic E-state index is 5.71. The number of nitrogens with zero attached hydrogens (tertiary/aromatic N) is 2. The van der Waals surface area contributed by atoms with E-state index in [1.54, 1.807) is 0 Å². The minimum Gasteiger partial charge on any atom is -0.438 e. The van der Waals surface area contributed by atoms with Gasteiger partial charge in [-0.3, -0.25) is 0 Å². The lowest BCUT2D eigenvalue weighted by molar-refractivity contribution is 0.458. The highest BCUT2D eigenvalue weighted by Gasteiger charge is 2.09. The molecule has 0 aliphatic rings. The molecule has 0 saturated heterocycles. The number of hydrogen-bond donors (Lipinski definition) is 1. The van der Waals surface area contributed by atoms with Gasteiger partial charge in [-0.15, -0.1) is 0 Å². The molecule has 1 aromatic heterocycles. The first-order chi connectivity index (χ1) is 8.70. The zero-order valence-electron chi connectivity index (χ0n) is 10.3. The van der Waals surface area contributed by atoms with Crippen molar-refractivity contribution in [2.45, 2.75) is 13.8 Å². The summed E-state index contributed by atoms with van der Waals surface area (Å²) in [6.45, 7) is 4.84. The van der Waals surface area contributed by atoms with E-state index in [2.05, 4.69) is 31.2 Å². The number of anilines is 1. The van der Waals surface area contributed by atoms with Crippen LogP contribution in [0.3, 0.4) is 0 Å². The lowest BCUT2D eigenvalue weighted by Crippen LogP contribution is -2.02. The summed E-state index contributed by atoms with van der Waals surface area (Å²) in [7, 11) is 0. The predicted molar refractivity (Wildman–Crippen MR) is 75.1 cm³/mol. The summed E-state index contributed by atoms with van der Waals surface area (Å²) in [6.07, 6.45) is 1.48. The van der Waals surface area contributed by atoms with Crippen molar-refractivity contribution in [2.24, 2.45) is 0 Å². The van der Waals surface area contributed by atoms with Gasteiger partial charge < -0.3 is 10.1 Å². The smallest absolute Gasteiger partial charge is 0.238 e. The van der Waals surface area contributed by atoms with Gasteiger partial charge in [0.25, 0.3) is 0 Å². The van der Waals surface area contributed by atoms with E-state index in [4.69, 9.17) is 4.74 Å². The van der Waals surface area contributed by atoms with E-state index in [0.717, 1.165) is 22.6 Å². The van der Waals surface area contributed by atoms with E-state index in [9.17, 15) is 0 Å². The van der Waals surface area contributed by atoms with Crippen molar-refractivity contribution in [3.8, 4) is 11.6 Å². The van der Waals surface area contributed by atoms with Crippen LogP contribution >= 0.6 is 15.9 Å². The molecule has 0 atom stereocenters. The summed E-state index contributed by atoms with van der Waals surface area (Å²) in [5.41, 5.74) is 1.19. The van der Waals surface area contributed by atoms with Gasteiger partial charge in [0.2, 0.25) is 5.88 Å². The average Bonchev–Trinajstić information content (AvgIpc) is 2.37. The Morgan fingerprint density at radius 1 is 1.22 bits per heavy atom. The molecule has 4 nitrogen and oxygen atoms in total. The number of rotatable bonds is 4. The van der Waals surface area contributed by atoms with E-state index in [-0.39, 0.29) is 0 Å². The molecular weight excluding hydrogens is 294 g/mol. The SMILES string of the molecule is CCNc1ncnc(Oc2ccc(C)cc2)c1Br. The molecule has 0 saturated carbocycles. The monoisotopic (exact) mass is 307 g/mol. The van der Waals surface area contributed by atoms with Gasteiger partial charge in [0.05, 0.1) is 0 Å². The fourth-order valence-corrected chi connectivity index (χ4v) is 1.86. The van der Waals surface area contributed by atoms with E-state index in [1.807, 2.05) is 38.1 Å². The van der Waals surface area contributed by atoms with E-state index >= 15 is 0 Å². The molecule has 0 radical (unpaired) electrons. The molecule has 1 N–H and O–H groups in total. The molecule has 2 aromatic rings. The van der Waals surface area contributed by atoms with Crippen LogP contribution in [0.25, 0.3) is 0 Å². The number of aromatic nitrogens is 2. The Morgan fingerprint density at radius 3 is 2.61 bits per heavy atom. The molecule has 0 spiro atoms. The summed E-state index contributed by atoms with van der Waals surface area (Å²) < 4.78 is 6.44. The minimum atomic E-state index is 0.504. The quantitative estimate of drug-likeness (QED) is 0.934. The normalized spacial score (nSPS) is 10.2. The molecular formula is C13H14BrN3O. The Bertz CT molecular complexity index is 528. The van der Waals surface area contributed by atoms with Crippen LogP contribution in [-0.2, 0) is 0 Å². The van der Waals surface area contributed by atoms with Crippen molar-refractivity contribution in [1.29, 1.82) is 0 Å². The lowest BCUT2D eigenvalue weighted by Gasteiger charge is -2.09. The highest BCUT2D eigenvalue weighted by atomic mass is 79.9. The van der Waals surface area contributed by atoms with Crippen molar-refractivity contribution in [3.63, 3.8) is 0 Å². The summed E-state index contributed by atoms with van der Waals surface area (Å²) in [6, 6.07) is 7.82. The van der Waals surface area contributed by atoms with Crippen molar-refractivity contribution in [3.05, 3.63) is 40.6 Å². The standard InChI is InChI=1S/C13H14BrN3O/c1-3-15-12-11(14)13(17-8-16-12)18-10-6-4-9(2)5-7-10/h4-8H,3H2,1-2H3,(H,15,16,17). The Hall–Kier alpha value is -1.62. The van der Waals surface area contributed by atoms with Gasteiger partial charge >= 0.3 is 0 Å². The number of ether oxygens (including phenoxy) is 1. The third kappa shape index (κ3) is 2.98. The van der Waals surface area contributed by atoms with Crippen LogP contribution in [0.15, 0.2) is 35.1 Å². The molecule has 0 aliphatic carbocycles. The number of nitrogens with one attached hydrogen (secondary N) is 1. The van der Waals surface area contributed by atoms with Crippen molar-refractivity contribution < 1.29 is 4.74 Å². The fourth-order valence-electron chi connectivity index (χ4n) is 1.43. The first-order valence-corrected chi connectivity index (χ1v) is 6.49. The van der Waals surface area contributed by atoms with Crippen LogP contribution in [0, 0.1) is 6.92 Å². The summed E-state index contributed by atoms with van der Waals surface area (Å²) >= 11 is 3.44. The molecule has 0 bridgehead atoms. The van der Waals surface area contributed by atoms with Gasteiger partial charge in [-0.2, -0.15) is 0 Å². The number of aryl methyl sites for hydroxylation is 1. The molecule has 94 valence electrons. The van der Waals surface area contributed by atoms with E-state index < -0.39 is 0 Å². The number of benzene rings is 1. The summed E-state index contributed by atoms with van der Waals surface area (Å²) in [5, 5.41) is 3.13. The fraction of sp³-hybridized carbons (Fsp3) is 0.231. The molecule has 0 amide bonds. The van der Waals surface area contributed by atoms with Crippen molar-refractivity contribution in [1.82, 2.24) is 9.97 Å². The second-order valence-electron chi connectivity index (χ2n) is 3.79. The molecule has 1 aromatic carbocycles. The first kappa shape index (κ1) is 12.8. The zero-order chi connectivity index (χ0) is 13.0. The van der Waals surface area contributed by atoms with E-state index in [1.165, 1.54) is 11.9 Å². The van der Waals surface area contributed by atoms with Gasteiger partial charge in [-0.05, 0) is 41.9 Å². The van der Waals surface area contributed by atoms with Crippen LogP contribution in [0.5, 0.6) is 11.6 Å². The first-order valence-electron chi connectivity index (χ1n) is 5.69. The van der Waals surface area contributed by atoms with Gasteiger partial charge in [-0.25, -0.2) is 9.97 Å². The van der Waals surface area contributed by atoms with Crippen LogP contribution < -0.4 is 10.1 Å². The molecule has 2 rings (SSSR count). The molecule has 1 heterocycles. The maximum Gasteiger partial charge on any atom is 0.238 e. The number of halogens is 1. The van der Waals surface area contributed by atoms with Gasteiger partial charge in [0.1, 0.15) is 22.4 Å². The maximum absolute atomic E-state index is 5.71. The van der Waals surface area contributed by atoms with Crippen molar-refractivity contribution in [2.75, 3.05) is 11.9 Å². The molecule has 5 heteroatoms. The van der Waals surface area contributed by atoms with Crippen LogP contribution in [-0.4, -0.2) is 16.5 Å². The largest absolute Gasteiger partial charge is 0.438 e. The van der Waals surface area contributed by atoms with Crippen LogP contribution in [0.4, 0.5) is 5.82 Å². The second-order valence-corrected chi connectivity index (χ2v) is 4.58. The topological polar surface area (TPSA) is 47.0 Å². The van der Waals surface area contributed by atoms with Gasteiger partial charge in [0.15, 0.2) is 0 Å². The second kappa shape index (κ2) is 5.82. The summed E-state index contributed by atoms with van der Waals surface area (Å²) in [4.78, 5) is 8.25. The van der Waals surface area contributed by atoms with Gasteiger partial charge in [0, 0.05) is 6.54 Å². The zero-order valence-corrected chi connectivity index (χ0v) is 11.9. The predicted octanol–water partition coefficient (Wildman–Crippen LogP) is 3.77. The van der Waals surface area contributed by atoms with Crippen LogP contribution in [0.2, 0.25) is 0 Å². The van der Waals surface area contributed by atoms with Crippen LogP contribution in [0.1, 0.15) is 12.5 Å². The molecule has 0 aliphatic heterocycles. The Labute approximate surface area is 115 Å². The van der Waals surface area contributed by atoms with E-state index in [0.29, 0.717) is 5.88 Å².